The number of rotatable bonds is 8. The summed E-state index contributed by atoms with van der Waals surface area (Å²) in [6.45, 7) is 2.17. The SMILES string of the molecule is Cc1c(C(Nc2ccc(C(=O)NCCC(=O)O)cc2)C2CCCCC2)oc2cccnc12. The Kier molecular flexibility index (Phi) is 6.73. The van der Waals surface area contributed by atoms with Gasteiger partial charge in [0.1, 0.15) is 11.3 Å². The van der Waals surface area contributed by atoms with E-state index in [0.29, 0.717) is 11.5 Å². The number of carboxylic acid groups (broad SMARTS) is 1. The molecule has 1 fully saturated rings. The second kappa shape index (κ2) is 9.85. The predicted octanol–water partition coefficient (Wildman–Crippen LogP) is 5.07. The van der Waals surface area contributed by atoms with E-state index < -0.39 is 5.97 Å². The lowest BCUT2D eigenvalue weighted by Gasteiger charge is -2.31. The average Bonchev–Trinajstić information content (AvgIpc) is 3.14. The highest BCUT2D eigenvalue weighted by atomic mass is 16.4. The molecule has 3 N–H and O–H groups in total. The van der Waals surface area contributed by atoms with Gasteiger partial charge in [-0.15, -0.1) is 0 Å². The molecule has 1 amide bonds. The van der Waals surface area contributed by atoms with E-state index in [1.807, 2.05) is 24.3 Å². The minimum atomic E-state index is -0.935. The molecule has 0 saturated heterocycles. The molecule has 1 atom stereocenters. The summed E-state index contributed by atoms with van der Waals surface area (Å²) in [5.74, 6) is 0.179. The number of benzene rings is 1. The molecule has 0 radical (unpaired) electrons. The minimum absolute atomic E-state index is 0.0275. The number of hydrogen-bond acceptors (Lipinski definition) is 5. The number of nitrogens with zero attached hydrogens (tertiary/aromatic N) is 1. The summed E-state index contributed by atoms with van der Waals surface area (Å²) in [5, 5.41) is 15.0. The Hall–Kier alpha value is -3.35. The summed E-state index contributed by atoms with van der Waals surface area (Å²) in [6, 6.07) is 11.1. The third-order valence-electron chi connectivity index (χ3n) is 6.21. The highest BCUT2D eigenvalue weighted by molar-refractivity contribution is 5.94. The summed E-state index contributed by atoms with van der Waals surface area (Å²) in [6.07, 6.45) is 7.69. The molecule has 3 aromatic rings. The number of hydrogen-bond donors (Lipinski definition) is 3. The third kappa shape index (κ3) is 4.93. The van der Waals surface area contributed by atoms with Crippen LogP contribution in [0.1, 0.15) is 66.2 Å². The molecule has 7 nitrogen and oxygen atoms in total. The van der Waals surface area contributed by atoms with E-state index in [2.05, 4.69) is 22.5 Å². The third-order valence-corrected chi connectivity index (χ3v) is 6.21. The number of pyridine rings is 1. The number of carboxylic acids is 1. The van der Waals surface area contributed by atoms with E-state index in [9.17, 15) is 9.59 Å². The van der Waals surface area contributed by atoms with Crippen molar-refractivity contribution in [1.29, 1.82) is 0 Å². The number of nitrogens with one attached hydrogen (secondary N) is 2. The number of fused-ring (bicyclic) bond motifs is 1. The van der Waals surface area contributed by atoms with Crippen molar-refractivity contribution in [2.75, 3.05) is 11.9 Å². The maximum absolute atomic E-state index is 12.2. The number of aliphatic carboxylic acids is 1. The zero-order valence-electron chi connectivity index (χ0n) is 18.3. The molecule has 1 aliphatic carbocycles. The van der Waals surface area contributed by atoms with Gasteiger partial charge in [-0.05, 0) is 62.1 Å². The van der Waals surface area contributed by atoms with Gasteiger partial charge in [0.05, 0.1) is 12.5 Å². The van der Waals surface area contributed by atoms with Crippen LogP contribution < -0.4 is 10.6 Å². The van der Waals surface area contributed by atoms with Crippen molar-refractivity contribution >= 4 is 28.7 Å². The average molecular weight is 436 g/mol. The number of anilines is 1. The first-order valence-corrected chi connectivity index (χ1v) is 11.2. The smallest absolute Gasteiger partial charge is 0.305 e. The number of furan rings is 1. The van der Waals surface area contributed by atoms with E-state index in [1.165, 1.54) is 19.3 Å². The molecule has 0 aliphatic heterocycles. The van der Waals surface area contributed by atoms with E-state index in [-0.39, 0.29) is 24.9 Å². The molecule has 0 bridgehead atoms. The van der Waals surface area contributed by atoms with Crippen molar-refractivity contribution < 1.29 is 19.1 Å². The first-order chi connectivity index (χ1) is 15.5. The van der Waals surface area contributed by atoms with Crippen LogP contribution in [0.4, 0.5) is 5.69 Å². The van der Waals surface area contributed by atoms with Gasteiger partial charge in [0.25, 0.3) is 5.91 Å². The Bertz CT molecular complexity index is 1080. The van der Waals surface area contributed by atoms with E-state index in [1.54, 1.807) is 18.3 Å². The van der Waals surface area contributed by atoms with Crippen molar-refractivity contribution in [2.45, 2.75) is 51.5 Å². The Balaban J connectivity index is 1.54. The predicted molar refractivity (Wildman–Crippen MR) is 123 cm³/mol. The number of amides is 1. The van der Waals surface area contributed by atoms with Gasteiger partial charge in [-0.2, -0.15) is 0 Å². The van der Waals surface area contributed by atoms with Gasteiger partial charge in [-0.1, -0.05) is 19.3 Å². The molecule has 32 heavy (non-hydrogen) atoms. The van der Waals surface area contributed by atoms with Crippen LogP contribution in [0.15, 0.2) is 47.0 Å². The second-order valence-electron chi connectivity index (χ2n) is 8.44. The van der Waals surface area contributed by atoms with Gasteiger partial charge in [-0.3, -0.25) is 14.6 Å². The van der Waals surface area contributed by atoms with Crippen molar-refractivity contribution in [3.63, 3.8) is 0 Å². The van der Waals surface area contributed by atoms with Crippen molar-refractivity contribution in [2.24, 2.45) is 5.92 Å². The van der Waals surface area contributed by atoms with Crippen LogP contribution in [0.5, 0.6) is 0 Å². The summed E-state index contributed by atoms with van der Waals surface area (Å²) < 4.78 is 6.27. The first kappa shape index (κ1) is 21.9. The largest absolute Gasteiger partial charge is 0.481 e. The van der Waals surface area contributed by atoms with E-state index in [0.717, 1.165) is 41.0 Å². The van der Waals surface area contributed by atoms with Crippen LogP contribution in [-0.4, -0.2) is 28.5 Å². The lowest BCUT2D eigenvalue weighted by atomic mass is 9.82. The van der Waals surface area contributed by atoms with Gasteiger partial charge >= 0.3 is 5.97 Å². The van der Waals surface area contributed by atoms with Crippen LogP contribution >= 0.6 is 0 Å². The van der Waals surface area contributed by atoms with Crippen LogP contribution in [0, 0.1) is 12.8 Å². The fourth-order valence-electron chi connectivity index (χ4n) is 4.51. The summed E-state index contributed by atoms with van der Waals surface area (Å²) in [7, 11) is 0. The second-order valence-corrected chi connectivity index (χ2v) is 8.44. The first-order valence-electron chi connectivity index (χ1n) is 11.2. The number of carbonyl (C=O) groups excluding carboxylic acids is 1. The van der Waals surface area contributed by atoms with Crippen molar-refractivity contribution in [3.8, 4) is 0 Å². The number of aryl methyl sites for hydroxylation is 1. The van der Waals surface area contributed by atoms with Gasteiger partial charge in [-0.25, -0.2) is 0 Å². The van der Waals surface area contributed by atoms with Crippen LogP contribution in [-0.2, 0) is 4.79 Å². The molecule has 2 aromatic heterocycles. The topological polar surface area (TPSA) is 104 Å². The summed E-state index contributed by atoms with van der Waals surface area (Å²) in [5.41, 5.74) is 4.18. The number of carbonyl (C=O) groups is 2. The molecule has 1 aromatic carbocycles. The summed E-state index contributed by atoms with van der Waals surface area (Å²) >= 11 is 0. The fraction of sp³-hybridized carbons (Fsp3) is 0.400. The molecule has 1 saturated carbocycles. The van der Waals surface area contributed by atoms with E-state index >= 15 is 0 Å². The standard InChI is InChI=1S/C25H29N3O4/c1-16-22-20(8-5-14-26-22)32-24(16)23(17-6-3-2-4-7-17)28-19-11-9-18(10-12-19)25(31)27-15-13-21(29)30/h5,8-12,14,17,23,28H,2-4,6-7,13,15H2,1H3,(H,27,31)(H,29,30). The van der Waals surface area contributed by atoms with Gasteiger partial charge in [0, 0.05) is 29.6 Å². The molecule has 0 spiro atoms. The minimum Gasteiger partial charge on any atom is -0.481 e. The van der Waals surface area contributed by atoms with Crippen molar-refractivity contribution in [3.05, 3.63) is 59.5 Å². The Labute approximate surface area is 187 Å². The molecular formula is C25H29N3O4. The molecule has 1 unspecified atom stereocenters. The zero-order valence-corrected chi connectivity index (χ0v) is 18.3. The maximum atomic E-state index is 12.2. The Morgan fingerprint density at radius 1 is 1.16 bits per heavy atom. The molecule has 2 heterocycles. The molecule has 168 valence electrons. The highest BCUT2D eigenvalue weighted by Crippen LogP contribution is 2.40. The normalized spacial score (nSPS) is 15.4. The van der Waals surface area contributed by atoms with E-state index in [4.69, 9.17) is 9.52 Å². The Morgan fingerprint density at radius 3 is 2.59 bits per heavy atom. The maximum Gasteiger partial charge on any atom is 0.305 e. The quantitative estimate of drug-likeness (QED) is 0.456. The lowest BCUT2D eigenvalue weighted by molar-refractivity contribution is -0.136. The highest BCUT2D eigenvalue weighted by Gasteiger charge is 2.30. The van der Waals surface area contributed by atoms with Crippen LogP contribution in [0.25, 0.3) is 11.1 Å². The number of aromatic nitrogens is 1. The molecular weight excluding hydrogens is 406 g/mol. The van der Waals surface area contributed by atoms with Crippen LogP contribution in [0.2, 0.25) is 0 Å². The summed E-state index contributed by atoms with van der Waals surface area (Å²) in [4.78, 5) is 27.3. The molecule has 1 aliphatic rings. The van der Waals surface area contributed by atoms with Gasteiger partial charge in [0.2, 0.25) is 0 Å². The van der Waals surface area contributed by atoms with Crippen molar-refractivity contribution in [1.82, 2.24) is 10.3 Å². The fourth-order valence-corrected chi connectivity index (χ4v) is 4.51. The molecule has 4 rings (SSSR count). The Morgan fingerprint density at radius 2 is 1.91 bits per heavy atom. The zero-order chi connectivity index (χ0) is 22.5. The van der Waals surface area contributed by atoms with Gasteiger partial charge < -0.3 is 20.2 Å². The van der Waals surface area contributed by atoms with Crippen LogP contribution in [0.3, 0.4) is 0 Å². The molecule has 7 heteroatoms. The van der Waals surface area contributed by atoms with Gasteiger partial charge in [0.15, 0.2) is 5.58 Å². The monoisotopic (exact) mass is 435 g/mol. The lowest BCUT2D eigenvalue weighted by Crippen LogP contribution is -2.26.